The zero-order valence-electron chi connectivity index (χ0n) is 10.2. The highest BCUT2D eigenvalue weighted by molar-refractivity contribution is 5.54. The molecular formula is C12H14N4O. The van der Waals surface area contributed by atoms with Crippen LogP contribution in [0.4, 0.5) is 0 Å². The van der Waals surface area contributed by atoms with Crippen LogP contribution >= 0.6 is 0 Å². The fraction of sp³-hybridized carbons (Fsp3) is 0.417. The number of hydrogen-bond acceptors (Lipinski definition) is 5. The molecule has 0 heterocycles. The molecule has 0 aromatic carbocycles. The fourth-order valence-electron chi connectivity index (χ4n) is 1.26. The highest BCUT2D eigenvalue weighted by Crippen LogP contribution is 2.18. The van der Waals surface area contributed by atoms with E-state index in [1.165, 1.54) is 0 Å². The van der Waals surface area contributed by atoms with Crippen molar-refractivity contribution < 1.29 is 5.11 Å². The van der Waals surface area contributed by atoms with Gasteiger partial charge < -0.3 is 10.0 Å². The molecule has 0 spiro atoms. The van der Waals surface area contributed by atoms with Gasteiger partial charge in [0.15, 0.2) is 0 Å². The topological polar surface area (TPSA) is 94.8 Å². The Kier molecular flexibility index (Phi) is 6.11. The normalized spacial score (nSPS) is 10.4. The molecule has 17 heavy (non-hydrogen) atoms. The molecule has 0 aliphatic rings. The lowest BCUT2D eigenvalue weighted by molar-refractivity contribution is 0.246. The van der Waals surface area contributed by atoms with Crippen LogP contribution in [0.3, 0.4) is 0 Å². The highest BCUT2D eigenvalue weighted by atomic mass is 16.3. The van der Waals surface area contributed by atoms with Crippen molar-refractivity contribution in [2.45, 2.75) is 13.8 Å². The molecule has 0 bridgehead atoms. The molecule has 1 N–H and O–H groups in total. The Morgan fingerprint density at radius 1 is 1.12 bits per heavy atom. The van der Waals surface area contributed by atoms with Crippen molar-refractivity contribution in [1.82, 2.24) is 4.90 Å². The average Bonchev–Trinajstić information content (AvgIpc) is 2.31. The first-order valence-electron chi connectivity index (χ1n) is 4.97. The summed E-state index contributed by atoms with van der Waals surface area (Å²) in [4.78, 5) is 1.70. The Balaban J connectivity index is 5.61. The van der Waals surface area contributed by atoms with Gasteiger partial charge in [-0.15, -0.1) is 0 Å². The third-order valence-corrected chi connectivity index (χ3v) is 2.46. The maximum Gasteiger partial charge on any atom is 0.133 e. The number of likely N-dealkylation sites (N-methyl/N-ethyl adjacent to an activating group) is 1. The summed E-state index contributed by atoms with van der Waals surface area (Å²) in [6.45, 7) is 3.64. The van der Waals surface area contributed by atoms with Gasteiger partial charge in [-0.25, -0.2) is 0 Å². The van der Waals surface area contributed by atoms with Crippen LogP contribution in [0.25, 0.3) is 0 Å². The Hall–Kier alpha value is -2.29. The summed E-state index contributed by atoms with van der Waals surface area (Å²) in [6, 6.07) is 5.50. The Bertz CT molecular complexity index is 452. The van der Waals surface area contributed by atoms with Crippen LogP contribution in [0.2, 0.25) is 0 Å². The molecule has 0 saturated heterocycles. The quantitative estimate of drug-likeness (QED) is 0.575. The largest absolute Gasteiger partial charge is 0.395 e. The van der Waals surface area contributed by atoms with Gasteiger partial charge in [-0.3, -0.25) is 0 Å². The van der Waals surface area contributed by atoms with Gasteiger partial charge in [0, 0.05) is 19.3 Å². The van der Waals surface area contributed by atoms with Crippen LogP contribution in [-0.2, 0) is 0 Å². The van der Waals surface area contributed by atoms with Gasteiger partial charge in [0.2, 0.25) is 0 Å². The minimum Gasteiger partial charge on any atom is -0.395 e. The number of rotatable bonds is 4. The highest BCUT2D eigenvalue weighted by Gasteiger charge is 2.12. The summed E-state index contributed by atoms with van der Waals surface area (Å²) in [5.41, 5.74) is 1.21. The van der Waals surface area contributed by atoms with Crippen molar-refractivity contribution in [2.75, 3.05) is 20.2 Å². The van der Waals surface area contributed by atoms with Crippen molar-refractivity contribution in [2.24, 2.45) is 0 Å². The summed E-state index contributed by atoms with van der Waals surface area (Å²) in [5, 5.41) is 35.4. The molecule has 88 valence electrons. The van der Waals surface area contributed by atoms with Crippen molar-refractivity contribution in [1.29, 1.82) is 15.8 Å². The van der Waals surface area contributed by atoms with Gasteiger partial charge in [-0.2, -0.15) is 15.8 Å². The van der Waals surface area contributed by atoms with E-state index in [0.717, 1.165) is 0 Å². The number of nitrogens with zero attached hydrogens (tertiary/aromatic N) is 4. The second kappa shape index (κ2) is 7.06. The standard InChI is InChI=1S/C12H14N4O/c1-9(11(6-13)7-14)12(8-15)10(2)16(3)4-5-17/h17H,4-5H2,1-3H3/b12-10+. The van der Waals surface area contributed by atoms with Gasteiger partial charge in [0.1, 0.15) is 23.8 Å². The molecule has 0 aliphatic heterocycles. The zero-order chi connectivity index (χ0) is 13.4. The zero-order valence-corrected chi connectivity index (χ0v) is 10.2. The minimum absolute atomic E-state index is 0.0291. The molecule has 0 rings (SSSR count). The second-order valence-corrected chi connectivity index (χ2v) is 3.44. The van der Waals surface area contributed by atoms with Crippen LogP contribution < -0.4 is 0 Å². The van der Waals surface area contributed by atoms with Gasteiger partial charge >= 0.3 is 0 Å². The monoisotopic (exact) mass is 230 g/mol. The Morgan fingerprint density at radius 3 is 2.00 bits per heavy atom. The van der Waals surface area contributed by atoms with Crippen molar-refractivity contribution in [3.63, 3.8) is 0 Å². The van der Waals surface area contributed by atoms with Crippen molar-refractivity contribution in [3.8, 4) is 18.2 Å². The number of hydrogen-bond donors (Lipinski definition) is 1. The lowest BCUT2D eigenvalue weighted by Crippen LogP contribution is -2.21. The predicted molar refractivity (Wildman–Crippen MR) is 62.0 cm³/mol. The number of aliphatic hydroxyl groups is 1. The van der Waals surface area contributed by atoms with E-state index in [4.69, 9.17) is 20.9 Å². The lowest BCUT2D eigenvalue weighted by Gasteiger charge is -2.20. The van der Waals surface area contributed by atoms with Crippen LogP contribution in [-0.4, -0.2) is 30.2 Å². The molecule has 0 atom stereocenters. The summed E-state index contributed by atoms with van der Waals surface area (Å²) in [6.07, 6.45) is 0. The van der Waals surface area contributed by atoms with Gasteiger partial charge in [0.05, 0.1) is 12.2 Å². The van der Waals surface area contributed by atoms with Crippen LogP contribution in [0.5, 0.6) is 0 Å². The third kappa shape index (κ3) is 3.65. The maximum absolute atomic E-state index is 9.07. The molecule has 0 radical (unpaired) electrons. The van der Waals surface area contributed by atoms with Gasteiger partial charge in [0.25, 0.3) is 0 Å². The lowest BCUT2D eigenvalue weighted by atomic mass is 10.0. The molecule has 0 saturated carbocycles. The van der Waals surface area contributed by atoms with Gasteiger partial charge in [-0.05, 0) is 19.4 Å². The van der Waals surface area contributed by atoms with E-state index in [0.29, 0.717) is 23.4 Å². The predicted octanol–water partition coefficient (Wildman–Crippen LogP) is 1.07. The molecule has 0 fully saturated rings. The Morgan fingerprint density at radius 2 is 1.65 bits per heavy atom. The Labute approximate surface area is 101 Å². The van der Waals surface area contributed by atoms with E-state index in [1.54, 1.807) is 37.9 Å². The second-order valence-electron chi connectivity index (χ2n) is 3.44. The van der Waals surface area contributed by atoms with Crippen molar-refractivity contribution >= 4 is 0 Å². The van der Waals surface area contributed by atoms with E-state index in [9.17, 15) is 0 Å². The number of nitriles is 3. The summed E-state index contributed by atoms with van der Waals surface area (Å²) >= 11 is 0. The number of aliphatic hydroxyl groups excluding tert-OH is 1. The van der Waals surface area contributed by atoms with E-state index in [1.807, 2.05) is 6.07 Å². The fourth-order valence-corrected chi connectivity index (χ4v) is 1.26. The van der Waals surface area contributed by atoms with E-state index in [-0.39, 0.29) is 12.2 Å². The summed E-state index contributed by atoms with van der Waals surface area (Å²) in [5.74, 6) is 0. The molecule has 0 aliphatic carbocycles. The van der Waals surface area contributed by atoms with Gasteiger partial charge in [-0.1, -0.05) is 0 Å². The molecular weight excluding hydrogens is 216 g/mol. The first-order chi connectivity index (χ1) is 8.03. The van der Waals surface area contributed by atoms with E-state index < -0.39 is 0 Å². The first-order valence-corrected chi connectivity index (χ1v) is 4.97. The summed E-state index contributed by atoms with van der Waals surface area (Å²) in [7, 11) is 1.73. The van der Waals surface area contributed by atoms with Crippen LogP contribution in [0.1, 0.15) is 13.8 Å². The minimum atomic E-state index is -0.0710. The van der Waals surface area contributed by atoms with E-state index in [2.05, 4.69) is 0 Å². The van der Waals surface area contributed by atoms with E-state index >= 15 is 0 Å². The van der Waals surface area contributed by atoms with Crippen LogP contribution in [0, 0.1) is 34.0 Å². The SMILES string of the molecule is CC(=C(C#N)C#N)/C(C#N)=C(\C)N(C)CCO. The molecule has 5 heteroatoms. The summed E-state index contributed by atoms with van der Waals surface area (Å²) < 4.78 is 0. The van der Waals surface area contributed by atoms with Crippen LogP contribution in [0.15, 0.2) is 22.4 Å². The molecule has 0 amide bonds. The molecule has 0 aromatic heterocycles. The third-order valence-electron chi connectivity index (χ3n) is 2.46. The molecule has 5 nitrogen and oxygen atoms in total. The maximum atomic E-state index is 9.07. The average molecular weight is 230 g/mol. The smallest absolute Gasteiger partial charge is 0.133 e. The molecule has 0 aromatic rings. The molecule has 0 unspecified atom stereocenters. The number of allylic oxidation sites excluding steroid dienone is 4. The van der Waals surface area contributed by atoms with Crippen molar-refractivity contribution in [3.05, 3.63) is 22.4 Å². The first kappa shape index (κ1) is 14.7.